The first-order valence-electron chi connectivity index (χ1n) is 4.19. The molecule has 0 saturated carbocycles. The van der Waals surface area contributed by atoms with Crippen LogP contribution in [-0.4, -0.2) is 16.1 Å². The molecule has 1 aromatic heterocycles. The highest BCUT2D eigenvalue weighted by Gasteiger charge is 2.19. The van der Waals surface area contributed by atoms with E-state index >= 15 is 0 Å². The van der Waals surface area contributed by atoms with E-state index in [1.807, 2.05) is 0 Å². The summed E-state index contributed by atoms with van der Waals surface area (Å²) in [5, 5.41) is 8.33. The molecule has 3 nitrogen and oxygen atoms in total. The lowest BCUT2D eigenvalue weighted by molar-refractivity contribution is -0.136. The molecule has 0 aliphatic heterocycles. The van der Waals surface area contributed by atoms with Gasteiger partial charge in [0.2, 0.25) is 0 Å². The largest absolute Gasteiger partial charge is 0.481 e. The third-order valence-electron chi connectivity index (χ3n) is 1.92. The quantitative estimate of drug-likeness (QED) is 0.855. The second-order valence-electron chi connectivity index (χ2n) is 2.97. The lowest BCUT2D eigenvalue weighted by Gasteiger charge is -2.10. The van der Waals surface area contributed by atoms with Crippen molar-refractivity contribution >= 4 is 29.2 Å². The van der Waals surface area contributed by atoms with Gasteiger partial charge in [-0.3, -0.25) is 9.78 Å². The van der Waals surface area contributed by atoms with Crippen LogP contribution in [0.1, 0.15) is 23.2 Å². The van der Waals surface area contributed by atoms with Gasteiger partial charge >= 0.3 is 5.97 Å². The zero-order valence-electron chi connectivity index (χ0n) is 7.88. The lowest BCUT2D eigenvalue weighted by atomic mass is 10.1. The Labute approximate surface area is 100 Å². The van der Waals surface area contributed by atoms with Crippen molar-refractivity contribution in [2.45, 2.75) is 18.7 Å². The third-order valence-corrected chi connectivity index (χ3v) is 2.61. The molecule has 0 aliphatic carbocycles. The standard InChI is InChI=1S/C9H7Cl2F2NO2/c10-2-5-4(1-6(15)16)3-14-8(7(5)11)9(12)13/h3,9H,1-2H2,(H,15,16). The predicted molar refractivity (Wildman–Crippen MR) is 55.1 cm³/mol. The smallest absolute Gasteiger partial charge is 0.307 e. The van der Waals surface area contributed by atoms with Crippen molar-refractivity contribution in [3.63, 3.8) is 0 Å². The minimum absolute atomic E-state index is 0.135. The number of aliphatic carboxylic acids is 1. The monoisotopic (exact) mass is 269 g/mol. The van der Waals surface area contributed by atoms with Crippen LogP contribution in [0.3, 0.4) is 0 Å². The Hall–Kier alpha value is -0.940. The zero-order valence-corrected chi connectivity index (χ0v) is 9.40. The molecular weight excluding hydrogens is 263 g/mol. The van der Waals surface area contributed by atoms with E-state index in [9.17, 15) is 13.6 Å². The van der Waals surface area contributed by atoms with Crippen LogP contribution in [0.15, 0.2) is 6.20 Å². The summed E-state index contributed by atoms with van der Waals surface area (Å²) in [6, 6.07) is 0. The van der Waals surface area contributed by atoms with Crippen LogP contribution < -0.4 is 0 Å². The lowest BCUT2D eigenvalue weighted by Crippen LogP contribution is -2.06. The van der Waals surface area contributed by atoms with Crippen LogP contribution in [0, 0.1) is 0 Å². The Kier molecular flexibility index (Phi) is 4.44. The molecule has 1 N–H and O–H groups in total. The summed E-state index contributed by atoms with van der Waals surface area (Å²) in [6.07, 6.45) is -2.09. The number of nitrogens with zero attached hydrogens (tertiary/aromatic N) is 1. The maximum atomic E-state index is 12.4. The maximum Gasteiger partial charge on any atom is 0.307 e. The fraction of sp³-hybridized carbons (Fsp3) is 0.333. The number of alkyl halides is 3. The summed E-state index contributed by atoms with van der Waals surface area (Å²) in [4.78, 5) is 13.9. The number of pyridine rings is 1. The summed E-state index contributed by atoms with van der Waals surface area (Å²) in [5.74, 6) is -1.24. The van der Waals surface area contributed by atoms with Crippen molar-refractivity contribution < 1.29 is 18.7 Å². The zero-order chi connectivity index (χ0) is 12.3. The molecule has 1 aromatic rings. The summed E-state index contributed by atoms with van der Waals surface area (Å²) < 4.78 is 24.9. The third kappa shape index (κ3) is 2.80. The van der Waals surface area contributed by atoms with Gasteiger partial charge in [-0.1, -0.05) is 11.6 Å². The van der Waals surface area contributed by atoms with Crippen molar-refractivity contribution in [2.24, 2.45) is 0 Å². The van der Waals surface area contributed by atoms with E-state index in [4.69, 9.17) is 28.3 Å². The number of rotatable bonds is 4. The van der Waals surface area contributed by atoms with E-state index in [1.165, 1.54) is 0 Å². The van der Waals surface area contributed by atoms with Crippen LogP contribution in [0.4, 0.5) is 8.78 Å². The number of halogens is 4. The molecule has 0 atom stereocenters. The molecule has 16 heavy (non-hydrogen) atoms. The van der Waals surface area contributed by atoms with E-state index in [2.05, 4.69) is 4.98 Å². The highest BCUT2D eigenvalue weighted by molar-refractivity contribution is 6.33. The minimum atomic E-state index is -2.81. The first kappa shape index (κ1) is 13.1. The number of aromatic nitrogens is 1. The summed E-state index contributed by atoms with van der Waals surface area (Å²) in [6.45, 7) is 0. The highest BCUT2D eigenvalue weighted by atomic mass is 35.5. The topological polar surface area (TPSA) is 50.2 Å². The fourth-order valence-electron chi connectivity index (χ4n) is 1.19. The molecule has 7 heteroatoms. The molecule has 88 valence electrons. The second-order valence-corrected chi connectivity index (χ2v) is 3.61. The van der Waals surface area contributed by atoms with Crippen molar-refractivity contribution in [2.75, 3.05) is 0 Å². The van der Waals surface area contributed by atoms with E-state index in [1.54, 1.807) is 0 Å². The molecule has 0 bridgehead atoms. The van der Waals surface area contributed by atoms with Gasteiger partial charge in [-0.25, -0.2) is 8.78 Å². The summed E-state index contributed by atoms with van der Waals surface area (Å²) in [7, 11) is 0. The SMILES string of the molecule is O=C(O)Cc1cnc(C(F)F)c(Cl)c1CCl. The summed E-state index contributed by atoms with van der Waals surface area (Å²) >= 11 is 11.2. The van der Waals surface area contributed by atoms with Crippen molar-refractivity contribution in [1.82, 2.24) is 4.98 Å². The van der Waals surface area contributed by atoms with E-state index in [0.717, 1.165) is 6.20 Å². The second kappa shape index (κ2) is 5.41. The summed E-state index contributed by atoms with van der Waals surface area (Å²) in [5.41, 5.74) is -0.139. The molecule has 0 spiro atoms. The van der Waals surface area contributed by atoms with Gasteiger partial charge in [0, 0.05) is 12.1 Å². The van der Waals surface area contributed by atoms with Gasteiger partial charge in [0.1, 0.15) is 5.69 Å². The van der Waals surface area contributed by atoms with Crippen LogP contribution in [-0.2, 0) is 17.1 Å². The number of carboxylic acids is 1. The van der Waals surface area contributed by atoms with Crippen molar-refractivity contribution in [3.05, 3.63) is 28.0 Å². The van der Waals surface area contributed by atoms with Crippen molar-refractivity contribution in [1.29, 1.82) is 0 Å². The van der Waals surface area contributed by atoms with Crippen molar-refractivity contribution in [3.8, 4) is 0 Å². The van der Waals surface area contributed by atoms with Gasteiger partial charge in [-0.15, -0.1) is 11.6 Å². The fourth-order valence-corrected chi connectivity index (χ4v) is 1.88. The number of hydrogen-bond acceptors (Lipinski definition) is 2. The molecule has 0 aliphatic rings. The first-order valence-corrected chi connectivity index (χ1v) is 5.10. The average Bonchev–Trinajstić information content (AvgIpc) is 2.16. The average molecular weight is 270 g/mol. The van der Waals surface area contributed by atoms with Crippen LogP contribution in [0.5, 0.6) is 0 Å². The molecular formula is C9H7Cl2F2NO2. The Balaban J connectivity index is 3.23. The van der Waals surface area contributed by atoms with Gasteiger partial charge in [0.15, 0.2) is 0 Å². The number of carboxylic acid groups (broad SMARTS) is 1. The normalized spacial score (nSPS) is 10.8. The van der Waals surface area contributed by atoms with Gasteiger partial charge in [-0.2, -0.15) is 0 Å². The molecule has 0 unspecified atom stereocenters. The molecule has 0 radical (unpaired) electrons. The molecule has 0 saturated heterocycles. The Morgan fingerprint density at radius 1 is 1.56 bits per heavy atom. The molecule has 1 rings (SSSR count). The van der Waals surface area contributed by atoms with Gasteiger partial charge < -0.3 is 5.11 Å². The van der Waals surface area contributed by atoms with Crippen LogP contribution >= 0.6 is 23.2 Å². The van der Waals surface area contributed by atoms with E-state index in [-0.39, 0.29) is 28.5 Å². The first-order chi connectivity index (χ1) is 7.47. The maximum absolute atomic E-state index is 12.4. The Morgan fingerprint density at radius 3 is 2.62 bits per heavy atom. The Bertz CT molecular complexity index is 413. The Morgan fingerprint density at radius 2 is 2.19 bits per heavy atom. The molecule has 0 aromatic carbocycles. The minimum Gasteiger partial charge on any atom is -0.481 e. The van der Waals surface area contributed by atoms with E-state index in [0.29, 0.717) is 0 Å². The predicted octanol–water partition coefficient (Wildman–Crippen LogP) is 3.04. The molecule has 0 fully saturated rings. The number of hydrogen-bond donors (Lipinski definition) is 1. The molecule has 0 amide bonds. The van der Waals surface area contributed by atoms with Crippen LogP contribution in [0.2, 0.25) is 5.02 Å². The van der Waals surface area contributed by atoms with Gasteiger partial charge in [0.05, 0.1) is 11.4 Å². The highest BCUT2D eigenvalue weighted by Crippen LogP contribution is 2.30. The number of carbonyl (C=O) groups is 1. The van der Waals surface area contributed by atoms with Gasteiger partial charge in [0.25, 0.3) is 6.43 Å². The van der Waals surface area contributed by atoms with Crippen LogP contribution in [0.25, 0.3) is 0 Å². The molecule has 1 heterocycles. The van der Waals surface area contributed by atoms with E-state index < -0.39 is 18.1 Å². The van der Waals surface area contributed by atoms with Gasteiger partial charge in [-0.05, 0) is 11.1 Å².